The van der Waals surface area contributed by atoms with Crippen LogP contribution in [0.5, 0.6) is 0 Å². The minimum atomic E-state index is -0.373. The lowest BCUT2D eigenvalue weighted by molar-refractivity contribution is -0.385. The van der Waals surface area contributed by atoms with Crippen LogP contribution in [0.3, 0.4) is 0 Å². The molecule has 1 rings (SSSR count). The summed E-state index contributed by atoms with van der Waals surface area (Å²) in [4.78, 5) is 0. The van der Waals surface area contributed by atoms with Gasteiger partial charge < -0.3 is 15.2 Å². The van der Waals surface area contributed by atoms with Gasteiger partial charge in [-0.15, -0.1) is 0 Å². The first-order valence-electron chi connectivity index (χ1n) is 3.25. The van der Waals surface area contributed by atoms with Crippen LogP contribution in [0, 0.1) is 0 Å². The highest BCUT2D eigenvalue weighted by atomic mass is 16.7. The van der Waals surface area contributed by atoms with E-state index in [0.29, 0.717) is 6.61 Å². The highest BCUT2D eigenvalue weighted by Gasteiger charge is 2.32. The van der Waals surface area contributed by atoms with Crippen LogP contribution in [-0.2, 0) is 9.47 Å². The zero-order valence-electron chi connectivity index (χ0n) is 6.02. The van der Waals surface area contributed by atoms with Crippen LogP contribution in [0.4, 0.5) is 0 Å². The highest BCUT2D eigenvalue weighted by molar-refractivity contribution is 4.68. The zero-order valence-corrected chi connectivity index (χ0v) is 6.02. The second-order valence-corrected chi connectivity index (χ2v) is 2.74. The smallest absolute Gasteiger partial charge is 0.163 e. The summed E-state index contributed by atoms with van der Waals surface area (Å²) >= 11 is 0. The molecule has 1 aliphatic rings. The van der Waals surface area contributed by atoms with Crippen molar-refractivity contribution < 1.29 is 15.2 Å². The van der Waals surface area contributed by atoms with Crippen molar-refractivity contribution in [3.05, 3.63) is 0 Å². The average Bonchev–Trinajstić information content (AvgIpc) is 2.10. The maximum Gasteiger partial charge on any atom is 0.163 e. The standard InChI is InChI=1S/C6H13NO2/c1-6(2)8-4-5(3-7)9-6/h5H,3-4,7H2,1-2H3/p+1/t5-/m0/s1. The van der Waals surface area contributed by atoms with Crippen molar-refractivity contribution in [3.63, 3.8) is 0 Å². The van der Waals surface area contributed by atoms with Crippen molar-refractivity contribution >= 4 is 0 Å². The van der Waals surface area contributed by atoms with Gasteiger partial charge in [0.05, 0.1) is 6.61 Å². The van der Waals surface area contributed by atoms with E-state index in [2.05, 4.69) is 5.73 Å². The first-order chi connectivity index (χ1) is 4.14. The maximum absolute atomic E-state index is 5.41. The van der Waals surface area contributed by atoms with Crippen LogP contribution in [0.1, 0.15) is 13.8 Å². The molecule has 1 atom stereocenters. The van der Waals surface area contributed by atoms with Crippen LogP contribution in [0.15, 0.2) is 0 Å². The summed E-state index contributed by atoms with van der Waals surface area (Å²) in [6, 6.07) is 0. The second-order valence-electron chi connectivity index (χ2n) is 2.74. The highest BCUT2D eigenvalue weighted by Crippen LogP contribution is 2.20. The summed E-state index contributed by atoms with van der Waals surface area (Å²) in [6.07, 6.45) is 0.208. The first kappa shape index (κ1) is 6.99. The van der Waals surface area contributed by atoms with E-state index in [1.54, 1.807) is 0 Å². The Hall–Kier alpha value is -0.120. The van der Waals surface area contributed by atoms with Crippen LogP contribution in [-0.4, -0.2) is 25.0 Å². The monoisotopic (exact) mass is 132 g/mol. The molecule has 0 aromatic rings. The van der Waals surface area contributed by atoms with Crippen molar-refractivity contribution in [3.8, 4) is 0 Å². The number of hydrogen-bond acceptors (Lipinski definition) is 2. The van der Waals surface area contributed by atoms with Gasteiger partial charge in [0, 0.05) is 0 Å². The number of ether oxygens (including phenoxy) is 2. The molecular weight excluding hydrogens is 118 g/mol. The molecule has 3 N–H and O–H groups in total. The normalized spacial score (nSPS) is 33.0. The molecule has 0 spiro atoms. The molecule has 0 saturated carbocycles. The molecule has 1 fully saturated rings. The van der Waals surface area contributed by atoms with E-state index in [-0.39, 0.29) is 11.9 Å². The Morgan fingerprint density at radius 3 is 2.56 bits per heavy atom. The molecule has 0 aliphatic carbocycles. The molecule has 3 nitrogen and oxygen atoms in total. The number of quaternary nitrogens is 1. The second kappa shape index (κ2) is 2.25. The van der Waals surface area contributed by atoms with Crippen molar-refractivity contribution in [1.82, 2.24) is 0 Å². The molecule has 0 bridgehead atoms. The Bertz CT molecular complexity index is 103. The summed E-state index contributed by atoms with van der Waals surface area (Å²) in [6.45, 7) is 5.32. The van der Waals surface area contributed by atoms with Gasteiger partial charge in [0.1, 0.15) is 12.6 Å². The van der Waals surface area contributed by atoms with Gasteiger partial charge in [0.2, 0.25) is 0 Å². The maximum atomic E-state index is 5.41. The summed E-state index contributed by atoms with van der Waals surface area (Å²) in [5.41, 5.74) is 3.73. The quantitative estimate of drug-likeness (QED) is 0.517. The van der Waals surface area contributed by atoms with Crippen molar-refractivity contribution in [2.75, 3.05) is 13.2 Å². The third kappa shape index (κ3) is 1.64. The fourth-order valence-corrected chi connectivity index (χ4v) is 0.905. The lowest BCUT2D eigenvalue weighted by Crippen LogP contribution is -2.56. The Morgan fingerprint density at radius 1 is 1.67 bits per heavy atom. The number of rotatable bonds is 1. The Kier molecular flexibility index (Phi) is 1.75. The molecular formula is C6H14NO2+. The fourth-order valence-electron chi connectivity index (χ4n) is 0.905. The molecule has 0 radical (unpaired) electrons. The summed E-state index contributed by atoms with van der Waals surface area (Å²) in [5, 5.41) is 0. The van der Waals surface area contributed by atoms with E-state index in [1.165, 1.54) is 0 Å². The van der Waals surface area contributed by atoms with Crippen molar-refractivity contribution in [2.45, 2.75) is 25.7 Å². The van der Waals surface area contributed by atoms with Gasteiger partial charge in [-0.25, -0.2) is 0 Å². The predicted octanol–water partition coefficient (Wildman–Crippen LogP) is -0.620. The molecule has 3 heteroatoms. The Labute approximate surface area is 55.1 Å². The minimum Gasteiger partial charge on any atom is -0.355 e. The van der Waals surface area contributed by atoms with E-state index in [9.17, 15) is 0 Å². The topological polar surface area (TPSA) is 46.1 Å². The molecule has 0 unspecified atom stereocenters. The molecule has 54 valence electrons. The van der Waals surface area contributed by atoms with Crippen LogP contribution < -0.4 is 5.73 Å². The zero-order chi connectivity index (χ0) is 6.91. The van der Waals surface area contributed by atoms with E-state index >= 15 is 0 Å². The van der Waals surface area contributed by atoms with Gasteiger partial charge in [0.15, 0.2) is 5.79 Å². The Morgan fingerprint density at radius 2 is 2.33 bits per heavy atom. The van der Waals surface area contributed by atoms with Crippen molar-refractivity contribution in [2.24, 2.45) is 0 Å². The van der Waals surface area contributed by atoms with Gasteiger partial charge >= 0.3 is 0 Å². The van der Waals surface area contributed by atoms with Crippen molar-refractivity contribution in [1.29, 1.82) is 0 Å². The van der Waals surface area contributed by atoms with Gasteiger partial charge in [-0.3, -0.25) is 0 Å². The van der Waals surface area contributed by atoms with E-state index in [0.717, 1.165) is 6.54 Å². The average molecular weight is 132 g/mol. The largest absolute Gasteiger partial charge is 0.355 e. The molecule has 1 heterocycles. The van der Waals surface area contributed by atoms with Gasteiger partial charge in [-0.05, 0) is 13.8 Å². The lowest BCUT2D eigenvalue weighted by Gasteiger charge is -2.15. The van der Waals surface area contributed by atoms with Gasteiger partial charge in [0.25, 0.3) is 0 Å². The molecule has 1 saturated heterocycles. The van der Waals surface area contributed by atoms with Crippen LogP contribution >= 0.6 is 0 Å². The lowest BCUT2D eigenvalue weighted by atomic mass is 10.4. The molecule has 0 amide bonds. The van der Waals surface area contributed by atoms with Crippen LogP contribution in [0.2, 0.25) is 0 Å². The van der Waals surface area contributed by atoms with E-state index < -0.39 is 0 Å². The summed E-state index contributed by atoms with van der Waals surface area (Å²) in [7, 11) is 0. The summed E-state index contributed by atoms with van der Waals surface area (Å²) in [5.74, 6) is -0.373. The summed E-state index contributed by atoms with van der Waals surface area (Å²) < 4.78 is 10.7. The fraction of sp³-hybridized carbons (Fsp3) is 1.00. The Balaban J connectivity index is 2.38. The predicted molar refractivity (Wildman–Crippen MR) is 32.7 cm³/mol. The number of hydrogen-bond donors (Lipinski definition) is 1. The van der Waals surface area contributed by atoms with Gasteiger partial charge in [-0.2, -0.15) is 0 Å². The minimum absolute atomic E-state index is 0.208. The van der Waals surface area contributed by atoms with E-state index in [4.69, 9.17) is 9.47 Å². The molecule has 0 aromatic carbocycles. The molecule has 9 heavy (non-hydrogen) atoms. The van der Waals surface area contributed by atoms with Gasteiger partial charge in [-0.1, -0.05) is 0 Å². The molecule has 1 aliphatic heterocycles. The first-order valence-corrected chi connectivity index (χ1v) is 3.25. The van der Waals surface area contributed by atoms with E-state index in [1.807, 2.05) is 13.8 Å². The SMILES string of the molecule is CC1(C)OC[C@H](C[NH3+])O1. The third-order valence-electron chi connectivity index (χ3n) is 1.39. The molecule has 0 aromatic heterocycles. The third-order valence-corrected chi connectivity index (χ3v) is 1.39. The van der Waals surface area contributed by atoms with Crippen LogP contribution in [0.25, 0.3) is 0 Å².